The Hall–Kier alpha value is -2.14. The second kappa shape index (κ2) is 3.68. The van der Waals surface area contributed by atoms with Crippen LogP contribution in [0.1, 0.15) is 12.0 Å². The van der Waals surface area contributed by atoms with Crippen LogP contribution in [0.4, 0.5) is 0 Å². The predicted octanol–water partition coefficient (Wildman–Crippen LogP) is 0.424. The Morgan fingerprint density at radius 2 is 2.00 bits per heavy atom. The minimum Gasteiger partial charge on any atom is -0.477 e. The number of carboxylic acid groups (broad SMARTS) is 1. The SMILES string of the molecule is NC1C(=O)N2C(C(=O)O)=C(c3ccccc3)C[C@H]12. The monoisotopic (exact) mass is 244 g/mol. The van der Waals surface area contributed by atoms with Gasteiger partial charge in [0.2, 0.25) is 5.91 Å². The van der Waals surface area contributed by atoms with Gasteiger partial charge in [0.05, 0.1) is 6.04 Å². The summed E-state index contributed by atoms with van der Waals surface area (Å²) in [5.74, 6) is -1.38. The quantitative estimate of drug-likeness (QED) is 0.739. The van der Waals surface area contributed by atoms with Crippen molar-refractivity contribution in [3.63, 3.8) is 0 Å². The first-order valence-corrected chi connectivity index (χ1v) is 5.72. The summed E-state index contributed by atoms with van der Waals surface area (Å²) in [7, 11) is 0. The summed E-state index contributed by atoms with van der Waals surface area (Å²) in [6.07, 6.45) is 0.512. The average Bonchev–Trinajstić information content (AvgIpc) is 2.76. The average molecular weight is 244 g/mol. The molecule has 5 nitrogen and oxygen atoms in total. The van der Waals surface area contributed by atoms with E-state index in [2.05, 4.69) is 0 Å². The number of aliphatic carboxylic acids is 1. The molecule has 2 aliphatic heterocycles. The van der Waals surface area contributed by atoms with Gasteiger partial charge in [0, 0.05) is 0 Å². The van der Waals surface area contributed by atoms with E-state index in [1.54, 1.807) is 0 Å². The maximum atomic E-state index is 11.6. The number of β-lactam (4-membered cyclic amide) rings is 1. The number of rotatable bonds is 2. The number of hydrogen-bond acceptors (Lipinski definition) is 3. The van der Waals surface area contributed by atoms with Crippen LogP contribution in [0.3, 0.4) is 0 Å². The zero-order chi connectivity index (χ0) is 12.9. The normalized spacial score (nSPS) is 26.1. The third kappa shape index (κ3) is 1.31. The molecular weight excluding hydrogens is 232 g/mol. The second-order valence-corrected chi connectivity index (χ2v) is 4.50. The van der Waals surface area contributed by atoms with Gasteiger partial charge in [-0.2, -0.15) is 0 Å². The molecule has 1 saturated heterocycles. The zero-order valence-corrected chi connectivity index (χ0v) is 9.54. The minimum absolute atomic E-state index is 0.0814. The van der Waals surface area contributed by atoms with Crippen LogP contribution in [0.15, 0.2) is 36.0 Å². The van der Waals surface area contributed by atoms with Gasteiger partial charge in [-0.1, -0.05) is 30.3 Å². The van der Waals surface area contributed by atoms with E-state index in [0.29, 0.717) is 12.0 Å². The standard InChI is InChI=1S/C13H12N2O3/c14-10-9-6-8(7-4-2-1-3-5-7)11(13(17)18)15(9)12(10)16/h1-5,9-10H,6,14H2,(H,17,18)/t9-,10?/m1/s1. The number of carbonyl (C=O) groups is 2. The van der Waals surface area contributed by atoms with Crippen molar-refractivity contribution in [2.45, 2.75) is 18.5 Å². The summed E-state index contributed by atoms with van der Waals surface area (Å²) < 4.78 is 0. The van der Waals surface area contributed by atoms with E-state index >= 15 is 0 Å². The van der Waals surface area contributed by atoms with Gasteiger partial charge in [-0.25, -0.2) is 4.79 Å². The van der Waals surface area contributed by atoms with Gasteiger partial charge in [-0.15, -0.1) is 0 Å². The molecule has 5 heteroatoms. The highest BCUT2D eigenvalue weighted by atomic mass is 16.4. The highest BCUT2D eigenvalue weighted by Crippen LogP contribution is 2.42. The lowest BCUT2D eigenvalue weighted by Gasteiger charge is -2.40. The summed E-state index contributed by atoms with van der Waals surface area (Å²) in [6, 6.07) is 8.49. The van der Waals surface area contributed by atoms with E-state index < -0.39 is 12.0 Å². The van der Waals surface area contributed by atoms with Crippen molar-refractivity contribution in [2.24, 2.45) is 5.73 Å². The topological polar surface area (TPSA) is 83.6 Å². The maximum Gasteiger partial charge on any atom is 0.352 e. The van der Waals surface area contributed by atoms with Crippen LogP contribution in [-0.2, 0) is 9.59 Å². The number of nitrogens with two attached hydrogens (primary N) is 1. The molecule has 0 saturated carbocycles. The van der Waals surface area contributed by atoms with Crippen molar-refractivity contribution < 1.29 is 14.7 Å². The molecule has 3 rings (SSSR count). The number of fused-ring (bicyclic) bond motifs is 1. The van der Waals surface area contributed by atoms with Crippen molar-refractivity contribution >= 4 is 17.4 Å². The van der Waals surface area contributed by atoms with Gasteiger partial charge < -0.3 is 10.8 Å². The van der Waals surface area contributed by atoms with Crippen molar-refractivity contribution in [3.05, 3.63) is 41.6 Å². The van der Waals surface area contributed by atoms with Crippen molar-refractivity contribution in [1.82, 2.24) is 4.90 Å². The van der Waals surface area contributed by atoms with E-state index in [1.165, 1.54) is 4.90 Å². The number of hydrogen-bond donors (Lipinski definition) is 2. The third-order valence-corrected chi connectivity index (χ3v) is 3.53. The highest BCUT2D eigenvalue weighted by molar-refractivity contribution is 6.07. The Kier molecular flexibility index (Phi) is 2.24. The van der Waals surface area contributed by atoms with E-state index in [9.17, 15) is 14.7 Å². The number of carbonyl (C=O) groups excluding carboxylic acids is 1. The maximum absolute atomic E-state index is 11.6. The lowest BCUT2D eigenvalue weighted by molar-refractivity contribution is -0.149. The molecule has 0 radical (unpaired) electrons. The summed E-state index contributed by atoms with van der Waals surface area (Å²) in [6.45, 7) is 0. The molecule has 1 aromatic rings. The molecule has 0 aromatic heterocycles. The fourth-order valence-corrected chi connectivity index (χ4v) is 2.64. The lowest BCUT2D eigenvalue weighted by atomic mass is 9.93. The Morgan fingerprint density at radius 3 is 2.61 bits per heavy atom. The molecular formula is C13H12N2O3. The number of amides is 1. The molecule has 2 atom stereocenters. The summed E-state index contributed by atoms with van der Waals surface area (Å²) >= 11 is 0. The molecule has 0 aliphatic carbocycles. The van der Waals surface area contributed by atoms with Crippen molar-refractivity contribution in [1.29, 1.82) is 0 Å². The molecule has 1 fully saturated rings. The molecule has 2 heterocycles. The molecule has 0 bridgehead atoms. The van der Waals surface area contributed by atoms with E-state index in [0.717, 1.165) is 5.56 Å². The number of nitrogens with zero attached hydrogens (tertiary/aromatic N) is 1. The summed E-state index contributed by atoms with van der Waals surface area (Å²) in [4.78, 5) is 24.3. The molecule has 18 heavy (non-hydrogen) atoms. The predicted molar refractivity (Wildman–Crippen MR) is 64.2 cm³/mol. The molecule has 92 valence electrons. The van der Waals surface area contributed by atoms with Crippen molar-refractivity contribution in [2.75, 3.05) is 0 Å². The van der Waals surface area contributed by atoms with E-state index in [1.807, 2.05) is 30.3 Å². The molecule has 1 amide bonds. The van der Waals surface area contributed by atoms with Gasteiger partial charge in [-0.3, -0.25) is 9.69 Å². The smallest absolute Gasteiger partial charge is 0.352 e. The Bertz CT molecular complexity index is 565. The first kappa shape index (κ1) is 11.0. The fraction of sp³-hybridized carbons (Fsp3) is 0.231. The van der Waals surface area contributed by atoms with Crippen LogP contribution >= 0.6 is 0 Å². The van der Waals surface area contributed by atoms with Crippen LogP contribution in [0.2, 0.25) is 0 Å². The summed E-state index contributed by atoms with van der Waals surface area (Å²) in [5, 5.41) is 9.28. The molecule has 2 aliphatic rings. The zero-order valence-electron chi connectivity index (χ0n) is 9.54. The molecule has 3 N–H and O–H groups in total. The van der Waals surface area contributed by atoms with Crippen LogP contribution in [0, 0.1) is 0 Å². The van der Waals surface area contributed by atoms with Crippen LogP contribution in [0.25, 0.3) is 5.57 Å². The first-order valence-electron chi connectivity index (χ1n) is 5.72. The molecule has 0 spiro atoms. The van der Waals surface area contributed by atoms with Gasteiger partial charge >= 0.3 is 5.97 Å². The largest absolute Gasteiger partial charge is 0.477 e. The Morgan fingerprint density at radius 1 is 1.33 bits per heavy atom. The first-order chi connectivity index (χ1) is 8.61. The van der Waals surface area contributed by atoms with Gasteiger partial charge in [-0.05, 0) is 17.6 Å². The van der Waals surface area contributed by atoms with Gasteiger partial charge in [0.1, 0.15) is 11.7 Å². The second-order valence-electron chi connectivity index (χ2n) is 4.50. The van der Waals surface area contributed by atoms with Crippen LogP contribution in [0.5, 0.6) is 0 Å². The fourth-order valence-electron chi connectivity index (χ4n) is 2.64. The Labute approximate surface area is 104 Å². The summed E-state index contributed by atoms with van der Waals surface area (Å²) in [5.41, 5.74) is 7.31. The van der Waals surface area contributed by atoms with E-state index in [-0.39, 0.29) is 17.6 Å². The lowest BCUT2D eigenvalue weighted by Crippen LogP contribution is -2.66. The minimum atomic E-state index is -1.07. The van der Waals surface area contributed by atoms with Gasteiger partial charge in [0.25, 0.3) is 0 Å². The van der Waals surface area contributed by atoms with Crippen LogP contribution in [-0.4, -0.2) is 34.0 Å². The van der Waals surface area contributed by atoms with E-state index in [4.69, 9.17) is 5.73 Å². The highest BCUT2D eigenvalue weighted by Gasteiger charge is 2.53. The molecule has 1 unspecified atom stereocenters. The number of benzene rings is 1. The van der Waals surface area contributed by atoms with Crippen molar-refractivity contribution in [3.8, 4) is 0 Å². The Balaban J connectivity index is 2.09. The number of carboxylic acids is 1. The van der Waals surface area contributed by atoms with Crippen LogP contribution < -0.4 is 5.73 Å². The molecule has 1 aromatic carbocycles. The third-order valence-electron chi connectivity index (χ3n) is 3.53. The van der Waals surface area contributed by atoms with Gasteiger partial charge in [0.15, 0.2) is 0 Å².